The van der Waals surface area contributed by atoms with Crippen molar-refractivity contribution >= 4 is 11.9 Å². The van der Waals surface area contributed by atoms with E-state index in [1.165, 1.54) is 6.92 Å². The fraction of sp³-hybridized carbons (Fsp3) is 0.333. The number of nitrogens with two attached hydrogens (primary N) is 1. The molecule has 0 unspecified atom stereocenters. The molecule has 0 radical (unpaired) electrons. The Bertz CT molecular complexity index is 431. The molecular weight excluding hydrogens is 248 g/mol. The molecule has 0 aliphatic rings. The highest BCUT2D eigenvalue weighted by Gasteiger charge is 2.07. The number of carbonyl (C=O) groups excluding carboxylic acids is 2. The number of nitrogens with one attached hydrogen (secondary N) is 3. The van der Waals surface area contributed by atoms with E-state index in [0.717, 1.165) is 5.56 Å². The summed E-state index contributed by atoms with van der Waals surface area (Å²) in [4.78, 5) is 22.4. The first-order valence-corrected chi connectivity index (χ1v) is 5.86. The number of phenolic OH excluding ortho intramolecular Hbond substituents is 1. The first-order chi connectivity index (χ1) is 8.99. The number of hydrazine groups is 1. The fourth-order valence-corrected chi connectivity index (χ4v) is 1.26. The first kappa shape index (κ1) is 14.8. The van der Waals surface area contributed by atoms with Gasteiger partial charge in [-0.25, -0.2) is 10.2 Å². The number of hydrogen-bond acceptors (Lipinski definition) is 4. The van der Waals surface area contributed by atoms with Crippen LogP contribution in [0, 0.1) is 0 Å². The highest BCUT2D eigenvalue weighted by molar-refractivity contribution is 5.84. The van der Waals surface area contributed by atoms with Gasteiger partial charge in [-0.1, -0.05) is 12.1 Å². The molecule has 3 amide bonds. The zero-order chi connectivity index (χ0) is 14.3. The predicted molar refractivity (Wildman–Crippen MR) is 70.1 cm³/mol. The van der Waals surface area contributed by atoms with E-state index in [1.807, 2.05) is 0 Å². The molecule has 0 bridgehead atoms. The molecule has 1 rings (SSSR count). The molecule has 19 heavy (non-hydrogen) atoms. The van der Waals surface area contributed by atoms with Crippen LogP contribution in [0.5, 0.6) is 5.75 Å². The number of benzene rings is 1. The van der Waals surface area contributed by atoms with Gasteiger partial charge >= 0.3 is 6.03 Å². The molecule has 0 saturated heterocycles. The minimum atomic E-state index is -0.683. The van der Waals surface area contributed by atoms with Crippen molar-refractivity contribution in [2.75, 3.05) is 6.54 Å². The van der Waals surface area contributed by atoms with Crippen molar-refractivity contribution in [2.24, 2.45) is 5.73 Å². The quantitative estimate of drug-likeness (QED) is 0.477. The van der Waals surface area contributed by atoms with Crippen molar-refractivity contribution < 1.29 is 14.7 Å². The molecule has 7 nitrogen and oxygen atoms in total. The third kappa shape index (κ3) is 5.73. The van der Waals surface area contributed by atoms with Crippen LogP contribution in [0.4, 0.5) is 4.79 Å². The maximum Gasteiger partial charge on any atom is 0.333 e. The topological polar surface area (TPSA) is 116 Å². The molecule has 0 aromatic heterocycles. The van der Waals surface area contributed by atoms with E-state index in [2.05, 4.69) is 16.2 Å². The fourth-order valence-electron chi connectivity index (χ4n) is 1.26. The van der Waals surface area contributed by atoms with Crippen LogP contribution in [0.3, 0.4) is 0 Å². The average molecular weight is 266 g/mol. The summed E-state index contributed by atoms with van der Waals surface area (Å²) in [6.45, 7) is 1.92. The highest BCUT2D eigenvalue weighted by atomic mass is 16.3. The van der Waals surface area contributed by atoms with Crippen molar-refractivity contribution in [1.29, 1.82) is 0 Å². The van der Waals surface area contributed by atoms with E-state index in [4.69, 9.17) is 10.8 Å². The number of rotatable bonds is 4. The van der Waals surface area contributed by atoms with Crippen LogP contribution in [0.2, 0.25) is 0 Å². The standard InChI is InChI=1S/C12H18N4O3/c1-8(13)11(18)15-16-12(19)14-7-6-9-2-4-10(17)5-3-9/h2-5,8,17H,6-7,13H2,1H3,(H,15,18)(H2,14,16,19)/t8-/m0/s1. The van der Waals surface area contributed by atoms with Crippen LogP contribution in [0.25, 0.3) is 0 Å². The van der Waals surface area contributed by atoms with E-state index in [-0.39, 0.29) is 5.75 Å². The van der Waals surface area contributed by atoms with Crippen LogP contribution in [0.15, 0.2) is 24.3 Å². The summed E-state index contributed by atoms with van der Waals surface area (Å²) >= 11 is 0. The minimum absolute atomic E-state index is 0.202. The van der Waals surface area contributed by atoms with Gasteiger partial charge in [0.2, 0.25) is 0 Å². The Morgan fingerprint density at radius 3 is 2.47 bits per heavy atom. The van der Waals surface area contributed by atoms with E-state index in [1.54, 1.807) is 24.3 Å². The number of amides is 3. The van der Waals surface area contributed by atoms with Crippen LogP contribution >= 0.6 is 0 Å². The maximum atomic E-state index is 11.3. The van der Waals surface area contributed by atoms with Crippen LogP contribution in [-0.4, -0.2) is 29.6 Å². The van der Waals surface area contributed by atoms with Gasteiger partial charge in [-0.2, -0.15) is 0 Å². The molecule has 0 heterocycles. The SMILES string of the molecule is C[C@H](N)C(=O)NNC(=O)NCCc1ccc(O)cc1. The molecule has 0 spiro atoms. The minimum Gasteiger partial charge on any atom is -0.508 e. The molecule has 6 N–H and O–H groups in total. The van der Waals surface area contributed by atoms with E-state index < -0.39 is 18.0 Å². The van der Waals surface area contributed by atoms with Crippen molar-refractivity contribution in [2.45, 2.75) is 19.4 Å². The predicted octanol–water partition coefficient (Wildman–Crippen LogP) is -0.388. The largest absolute Gasteiger partial charge is 0.508 e. The van der Waals surface area contributed by atoms with Gasteiger partial charge in [-0.15, -0.1) is 0 Å². The molecule has 1 aromatic rings. The van der Waals surface area contributed by atoms with Crippen molar-refractivity contribution in [3.05, 3.63) is 29.8 Å². The molecule has 1 atom stereocenters. The summed E-state index contributed by atoms with van der Waals surface area (Å²) in [5, 5.41) is 11.7. The lowest BCUT2D eigenvalue weighted by Gasteiger charge is -2.10. The van der Waals surface area contributed by atoms with E-state index in [0.29, 0.717) is 13.0 Å². The second-order valence-corrected chi connectivity index (χ2v) is 4.08. The maximum absolute atomic E-state index is 11.3. The number of urea groups is 1. The van der Waals surface area contributed by atoms with E-state index in [9.17, 15) is 9.59 Å². The lowest BCUT2D eigenvalue weighted by Crippen LogP contribution is -2.51. The van der Waals surface area contributed by atoms with Crippen LogP contribution in [-0.2, 0) is 11.2 Å². The van der Waals surface area contributed by atoms with Gasteiger partial charge in [0.1, 0.15) is 5.75 Å². The Hall–Kier alpha value is -2.28. The number of hydrogen-bond donors (Lipinski definition) is 5. The van der Waals surface area contributed by atoms with Crippen LogP contribution < -0.4 is 21.9 Å². The Balaban J connectivity index is 2.20. The summed E-state index contributed by atoms with van der Waals surface area (Å²) in [7, 11) is 0. The molecular formula is C12H18N4O3. The summed E-state index contributed by atoms with van der Waals surface area (Å²) in [6.07, 6.45) is 0.620. The lowest BCUT2D eigenvalue weighted by molar-refractivity contribution is -0.122. The Morgan fingerprint density at radius 2 is 1.89 bits per heavy atom. The third-order valence-corrected chi connectivity index (χ3v) is 2.35. The number of aromatic hydroxyl groups is 1. The molecule has 0 fully saturated rings. The van der Waals surface area contributed by atoms with Gasteiger partial charge in [0.25, 0.3) is 5.91 Å². The van der Waals surface area contributed by atoms with Crippen molar-refractivity contribution in [1.82, 2.24) is 16.2 Å². The van der Waals surface area contributed by atoms with Crippen LogP contribution in [0.1, 0.15) is 12.5 Å². The summed E-state index contributed by atoms with van der Waals surface area (Å²) in [5.41, 5.74) is 10.7. The molecule has 104 valence electrons. The zero-order valence-electron chi connectivity index (χ0n) is 10.6. The van der Waals surface area contributed by atoms with Gasteiger partial charge in [0, 0.05) is 6.54 Å². The number of phenols is 1. The normalized spacial score (nSPS) is 11.5. The monoisotopic (exact) mass is 266 g/mol. The average Bonchev–Trinajstić information content (AvgIpc) is 2.38. The first-order valence-electron chi connectivity index (χ1n) is 5.86. The van der Waals surface area contributed by atoms with E-state index >= 15 is 0 Å². The van der Waals surface area contributed by atoms with Gasteiger partial charge < -0.3 is 16.2 Å². The van der Waals surface area contributed by atoms with Gasteiger partial charge in [0.05, 0.1) is 6.04 Å². The Labute approximate surface area is 111 Å². The Kier molecular flexibility index (Phi) is 5.62. The molecule has 7 heteroatoms. The summed E-state index contributed by atoms with van der Waals surface area (Å²) in [5.74, 6) is -0.262. The van der Waals surface area contributed by atoms with Gasteiger partial charge in [0.15, 0.2) is 0 Å². The van der Waals surface area contributed by atoms with Crippen molar-refractivity contribution in [3.63, 3.8) is 0 Å². The molecule has 0 aliphatic carbocycles. The number of carbonyl (C=O) groups is 2. The Morgan fingerprint density at radius 1 is 1.26 bits per heavy atom. The highest BCUT2D eigenvalue weighted by Crippen LogP contribution is 2.09. The third-order valence-electron chi connectivity index (χ3n) is 2.35. The van der Waals surface area contributed by atoms with Gasteiger partial charge in [-0.3, -0.25) is 10.2 Å². The molecule has 0 aliphatic heterocycles. The second-order valence-electron chi connectivity index (χ2n) is 4.08. The molecule has 1 aromatic carbocycles. The van der Waals surface area contributed by atoms with Gasteiger partial charge in [-0.05, 0) is 31.0 Å². The summed E-state index contributed by atoms with van der Waals surface area (Å²) in [6, 6.07) is 5.51. The zero-order valence-corrected chi connectivity index (χ0v) is 10.6. The smallest absolute Gasteiger partial charge is 0.333 e. The summed E-state index contributed by atoms with van der Waals surface area (Å²) < 4.78 is 0. The lowest BCUT2D eigenvalue weighted by atomic mass is 10.1. The second kappa shape index (κ2) is 7.22. The van der Waals surface area contributed by atoms with Crippen molar-refractivity contribution in [3.8, 4) is 5.75 Å². The molecule has 0 saturated carbocycles.